The topological polar surface area (TPSA) is 137 Å². The van der Waals surface area contributed by atoms with E-state index in [1.165, 1.54) is 14.2 Å². The Morgan fingerprint density at radius 2 is 1.15 bits per heavy atom. The van der Waals surface area contributed by atoms with Crippen molar-refractivity contribution in [2.45, 2.75) is 51.1 Å². The lowest BCUT2D eigenvalue weighted by Gasteiger charge is -2.34. The summed E-state index contributed by atoms with van der Waals surface area (Å²) in [6, 6.07) is 12.7. The molecule has 0 aromatic heterocycles. The van der Waals surface area contributed by atoms with Crippen molar-refractivity contribution in [3.8, 4) is 6.07 Å². The van der Waals surface area contributed by atoms with Gasteiger partial charge in [-0.05, 0) is 73.9 Å². The van der Waals surface area contributed by atoms with Gasteiger partial charge >= 0.3 is 11.9 Å². The number of carbonyl (C=O) groups is 3. The summed E-state index contributed by atoms with van der Waals surface area (Å²) in [6.07, 6.45) is 6.36. The van der Waals surface area contributed by atoms with Crippen LogP contribution < -0.4 is 9.80 Å². The summed E-state index contributed by atoms with van der Waals surface area (Å²) in [5.41, 5.74) is 3.24. The molecule has 2 aromatic carbocycles. The molecule has 2 aliphatic heterocycles. The molecule has 0 unspecified atom stereocenters. The molecule has 2 heterocycles. The van der Waals surface area contributed by atoms with Crippen LogP contribution in [-0.2, 0) is 28.4 Å². The maximum Gasteiger partial charge on any atom is 0.339 e. The van der Waals surface area contributed by atoms with E-state index >= 15 is 0 Å². The fraction of sp³-hybridized carbons (Fsp3) is 0.556. The highest BCUT2D eigenvalue weighted by molar-refractivity contribution is 5.99. The van der Waals surface area contributed by atoms with E-state index in [0.717, 1.165) is 76.1 Å². The zero-order valence-corrected chi connectivity index (χ0v) is 28.9. The number of carbonyl (C=O) groups excluding carboxylic acids is 3. The monoisotopic (exact) mass is 667 g/mol. The van der Waals surface area contributed by atoms with E-state index in [1.807, 2.05) is 12.1 Å². The van der Waals surface area contributed by atoms with Crippen LogP contribution in [0.5, 0.6) is 0 Å². The minimum Gasteiger partial charge on any atom is -0.465 e. The largest absolute Gasteiger partial charge is 0.465 e. The smallest absolute Gasteiger partial charge is 0.339 e. The molecule has 0 atom stereocenters. The van der Waals surface area contributed by atoms with Crippen molar-refractivity contribution in [2.24, 2.45) is 11.8 Å². The molecule has 2 saturated heterocycles. The molecule has 0 bridgehead atoms. The fourth-order valence-corrected chi connectivity index (χ4v) is 6.22. The van der Waals surface area contributed by atoms with Gasteiger partial charge in [-0.1, -0.05) is 0 Å². The number of nitriles is 1. The molecular weight excluding hydrogens is 618 g/mol. The zero-order chi connectivity index (χ0) is 35.1. The summed E-state index contributed by atoms with van der Waals surface area (Å²) in [5, 5.41) is 9.28. The predicted octanol–water partition coefficient (Wildman–Crippen LogP) is 5.08. The van der Waals surface area contributed by atoms with Gasteiger partial charge in [0, 0.05) is 84.4 Å². The van der Waals surface area contributed by atoms with Gasteiger partial charge in [-0.3, -0.25) is 4.79 Å². The Morgan fingerprint density at radius 1 is 0.729 bits per heavy atom. The first-order chi connectivity index (χ1) is 23.2. The Hall–Kier alpha value is -4.02. The third kappa shape index (κ3) is 10.5. The number of hydrogen-bond acceptors (Lipinski definition) is 12. The van der Waals surface area contributed by atoms with Crippen LogP contribution in [0, 0.1) is 23.2 Å². The van der Waals surface area contributed by atoms with E-state index < -0.39 is 11.9 Å². The Morgan fingerprint density at radius 3 is 1.54 bits per heavy atom. The average Bonchev–Trinajstić information content (AvgIpc) is 3.15. The zero-order valence-electron chi connectivity index (χ0n) is 28.9. The molecule has 0 saturated carbocycles. The Bertz CT molecular complexity index is 1370. The number of benzene rings is 2. The van der Waals surface area contributed by atoms with Crippen molar-refractivity contribution in [2.75, 3.05) is 78.6 Å². The first kappa shape index (κ1) is 38.4. The summed E-state index contributed by atoms with van der Waals surface area (Å²) in [5.74, 6) is 0.150. The number of rotatable bonds is 13. The van der Waals surface area contributed by atoms with Crippen molar-refractivity contribution in [1.29, 1.82) is 5.26 Å². The van der Waals surface area contributed by atoms with Gasteiger partial charge < -0.3 is 38.2 Å². The minimum atomic E-state index is -0.493. The van der Waals surface area contributed by atoms with Gasteiger partial charge in [0.25, 0.3) is 0 Å². The van der Waals surface area contributed by atoms with Gasteiger partial charge in [0.15, 0.2) is 18.9 Å². The molecule has 2 aromatic rings. The van der Waals surface area contributed by atoms with E-state index in [9.17, 15) is 19.6 Å². The van der Waals surface area contributed by atoms with Crippen LogP contribution in [0.3, 0.4) is 0 Å². The molecule has 12 heteroatoms. The van der Waals surface area contributed by atoms with Crippen molar-refractivity contribution in [3.05, 3.63) is 58.7 Å². The third-order valence-corrected chi connectivity index (χ3v) is 9.16. The fourth-order valence-electron chi connectivity index (χ4n) is 6.22. The second-order valence-corrected chi connectivity index (χ2v) is 11.8. The SMILES string of the molecule is COC(=O)c1ccc(N2CCC(CC(OC)OC)CC2)cc1C#N.COC(=O)c1ccc(N2CCC(CC(OC)OC)CC2)cc1C=O. The molecule has 2 fully saturated rings. The predicted molar refractivity (Wildman–Crippen MR) is 180 cm³/mol. The number of piperidine rings is 2. The van der Waals surface area contributed by atoms with Gasteiger partial charge in [-0.15, -0.1) is 0 Å². The second-order valence-electron chi connectivity index (χ2n) is 11.8. The molecule has 48 heavy (non-hydrogen) atoms. The van der Waals surface area contributed by atoms with Crippen molar-refractivity contribution in [3.63, 3.8) is 0 Å². The Balaban J connectivity index is 0.000000260. The molecule has 0 spiro atoms. The molecule has 0 radical (unpaired) electrons. The lowest BCUT2D eigenvalue weighted by molar-refractivity contribution is -0.115. The lowest BCUT2D eigenvalue weighted by atomic mass is 9.92. The number of ether oxygens (including phenoxy) is 6. The third-order valence-electron chi connectivity index (χ3n) is 9.16. The highest BCUT2D eigenvalue weighted by atomic mass is 16.7. The van der Waals surface area contributed by atoms with Crippen LogP contribution in [0.15, 0.2) is 36.4 Å². The minimum absolute atomic E-state index is 0.147. The van der Waals surface area contributed by atoms with Gasteiger partial charge in [-0.2, -0.15) is 5.26 Å². The summed E-state index contributed by atoms with van der Waals surface area (Å²) in [4.78, 5) is 39.1. The van der Waals surface area contributed by atoms with E-state index in [1.54, 1.807) is 52.7 Å². The number of aldehydes is 1. The Labute approximate surface area is 283 Å². The van der Waals surface area contributed by atoms with Crippen LogP contribution in [0.1, 0.15) is 75.2 Å². The number of esters is 2. The highest BCUT2D eigenvalue weighted by Crippen LogP contribution is 2.29. The molecule has 262 valence electrons. The van der Waals surface area contributed by atoms with Crippen molar-refractivity contribution >= 4 is 29.6 Å². The van der Waals surface area contributed by atoms with Crippen LogP contribution >= 0.6 is 0 Å². The van der Waals surface area contributed by atoms with Crippen molar-refractivity contribution in [1.82, 2.24) is 0 Å². The molecule has 4 rings (SSSR count). The lowest BCUT2D eigenvalue weighted by Crippen LogP contribution is -2.35. The summed E-state index contributed by atoms with van der Waals surface area (Å²) >= 11 is 0. The second kappa shape index (κ2) is 19.7. The van der Waals surface area contributed by atoms with Crippen molar-refractivity contribution < 1.29 is 42.8 Å². The summed E-state index contributed by atoms with van der Waals surface area (Å²) < 4.78 is 30.5. The molecular formula is C36H49N3O9. The maximum absolute atomic E-state index is 11.7. The van der Waals surface area contributed by atoms with E-state index in [4.69, 9.17) is 28.4 Å². The molecule has 0 N–H and O–H groups in total. The number of methoxy groups -OCH3 is 6. The van der Waals surface area contributed by atoms with Crippen LogP contribution in [0.4, 0.5) is 11.4 Å². The molecule has 12 nitrogen and oxygen atoms in total. The summed E-state index contributed by atoms with van der Waals surface area (Å²) in [6.45, 7) is 3.63. The number of hydrogen-bond donors (Lipinski definition) is 0. The van der Waals surface area contributed by atoms with Gasteiger partial charge in [0.1, 0.15) is 6.07 Å². The molecule has 2 aliphatic rings. The van der Waals surface area contributed by atoms with Crippen LogP contribution in [-0.4, -0.2) is 99.6 Å². The van der Waals surface area contributed by atoms with E-state index in [0.29, 0.717) is 40.4 Å². The number of nitrogens with zero attached hydrogens (tertiary/aromatic N) is 3. The first-order valence-electron chi connectivity index (χ1n) is 16.2. The summed E-state index contributed by atoms with van der Waals surface area (Å²) in [7, 11) is 9.27. The Kier molecular flexibility index (Phi) is 15.8. The maximum atomic E-state index is 11.7. The normalized spacial score (nSPS) is 15.5. The average molecular weight is 668 g/mol. The van der Waals surface area contributed by atoms with E-state index in [-0.39, 0.29) is 12.6 Å². The molecule has 0 aliphatic carbocycles. The first-order valence-corrected chi connectivity index (χ1v) is 16.2. The van der Waals surface area contributed by atoms with Gasteiger partial charge in [-0.25, -0.2) is 9.59 Å². The van der Waals surface area contributed by atoms with Gasteiger partial charge in [0.05, 0.1) is 30.9 Å². The van der Waals surface area contributed by atoms with Gasteiger partial charge in [0.2, 0.25) is 0 Å². The van der Waals surface area contributed by atoms with E-state index in [2.05, 4.69) is 15.9 Å². The van der Waals surface area contributed by atoms with Crippen LogP contribution in [0.2, 0.25) is 0 Å². The quantitative estimate of drug-likeness (QED) is 0.160. The number of anilines is 2. The highest BCUT2D eigenvalue weighted by Gasteiger charge is 2.25. The standard InChI is InChI=1S/C18H24N2O4.C18H25NO5/c1-22-17(23-2)10-13-6-8-20(9-7-13)15-4-5-16(18(21)24-3)14(11-15)12-19;1-22-17(23-2)10-13-6-8-19(9-7-13)15-4-5-16(18(21)24-3)14(11-15)12-20/h4-5,11,13,17H,6-10H2,1-3H3;4-5,11-13,17H,6-10H2,1-3H3. The molecule has 0 amide bonds. The van der Waals surface area contributed by atoms with Crippen LogP contribution in [0.25, 0.3) is 0 Å².